The Morgan fingerprint density at radius 2 is 1.70 bits per heavy atom. The van der Waals surface area contributed by atoms with Gasteiger partial charge in [0, 0.05) is 5.92 Å². The van der Waals surface area contributed by atoms with Gasteiger partial charge in [-0.1, -0.05) is 60.7 Å². The van der Waals surface area contributed by atoms with E-state index in [2.05, 4.69) is 0 Å². The molecule has 0 N–H and O–H groups in total. The van der Waals surface area contributed by atoms with Crippen molar-refractivity contribution in [2.45, 2.75) is 25.6 Å². The predicted octanol–water partition coefficient (Wildman–Crippen LogP) is 3.42. The van der Waals surface area contributed by atoms with Crippen LogP contribution >= 0.6 is 0 Å². The number of ether oxygens (including phenoxy) is 2. The van der Waals surface area contributed by atoms with Crippen LogP contribution in [0.4, 0.5) is 0 Å². The molecular weight excluding hydrogens is 292 g/mol. The van der Waals surface area contributed by atoms with Crippen LogP contribution in [0, 0.1) is 5.92 Å². The van der Waals surface area contributed by atoms with Gasteiger partial charge >= 0.3 is 11.9 Å². The number of hydrogen-bond donors (Lipinski definition) is 0. The lowest BCUT2D eigenvalue weighted by Gasteiger charge is -2.17. The lowest BCUT2D eigenvalue weighted by Crippen LogP contribution is -2.15. The minimum Gasteiger partial charge on any atom is -0.461 e. The summed E-state index contributed by atoms with van der Waals surface area (Å²) in [5.74, 6) is -0.744. The van der Waals surface area contributed by atoms with E-state index >= 15 is 0 Å². The van der Waals surface area contributed by atoms with Crippen LogP contribution in [0.25, 0.3) is 0 Å². The predicted molar refractivity (Wildman–Crippen MR) is 84.2 cm³/mol. The molecule has 1 saturated heterocycles. The van der Waals surface area contributed by atoms with Crippen LogP contribution in [0.5, 0.6) is 0 Å². The van der Waals surface area contributed by atoms with Crippen molar-refractivity contribution in [3.63, 3.8) is 0 Å². The van der Waals surface area contributed by atoms with E-state index in [4.69, 9.17) is 9.47 Å². The fourth-order valence-corrected chi connectivity index (χ4v) is 2.78. The van der Waals surface area contributed by atoms with E-state index in [1.807, 2.05) is 60.7 Å². The van der Waals surface area contributed by atoms with Crippen molar-refractivity contribution < 1.29 is 19.1 Å². The average molecular weight is 310 g/mol. The quantitative estimate of drug-likeness (QED) is 0.794. The lowest BCUT2D eigenvalue weighted by atomic mass is 9.92. The van der Waals surface area contributed by atoms with Crippen LogP contribution in [0.3, 0.4) is 0 Å². The highest BCUT2D eigenvalue weighted by Gasteiger charge is 2.37. The Labute approximate surface area is 135 Å². The second-order valence-corrected chi connectivity index (χ2v) is 5.64. The van der Waals surface area contributed by atoms with Crippen LogP contribution in [0.2, 0.25) is 0 Å². The van der Waals surface area contributed by atoms with Gasteiger partial charge < -0.3 is 9.47 Å². The van der Waals surface area contributed by atoms with E-state index in [1.165, 1.54) is 0 Å². The van der Waals surface area contributed by atoms with E-state index in [9.17, 15) is 9.59 Å². The molecule has 3 rings (SSSR count). The van der Waals surface area contributed by atoms with Crippen molar-refractivity contribution in [1.82, 2.24) is 0 Å². The second kappa shape index (κ2) is 7.09. The highest BCUT2D eigenvalue weighted by atomic mass is 16.6. The summed E-state index contributed by atoms with van der Waals surface area (Å²) in [6.45, 7) is 0.247. The van der Waals surface area contributed by atoms with Crippen LogP contribution in [0.15, 0.2) is 60.7 Å². The van der Waals surface area contributed by atoms with Gasteiger partial charge in [0.05, 0.1) is 12.8 Å². The first kappa shape index (κ1) is 15.3. The highest BCUT2D eigenvalue weighted by Crippen LogP contribution is 2.37. The van der Waals surface area contributed by atoms with E-state index in [1.54, 1.807) is 0 Å². The summed E-state index contributed by atoms with van der Waals surface area (Å²) in [6, 6.07) is 19.0. The Kier molecular flexibility index (Phi) is 4.71. The molecule has 4 heteroatoms. The number of carbonyl (C=O) groups excluding carboxylic acids is 2. The average Bonchev–Trinajstić information content (AvgIpc) is 2.95. The molecule has 2 atom stereocenters. The second-order valence-electron chi connectivity index (χ2n) is 5.64. The molecule has 0 aromatic heterocycles. The number of benzene rings is 2. The van der Waals surface area contributed by atoms with Crippen LogP contribution < -0.4 is 0 Å². The molecule has 0 aliphatic carbocycles. The van der Waals surface area contributed by atoms with Gasteiger partial charge in [-0.25, -0.2) is 0 Å². The van der Waals surface area contributed by atoms with Crippen molar-refractivity contribution in [1.29, 1.82) is 0 Å². The van der Waals surface area contributed by atoms with Gasteiger partial charge in [0.15, 0.2) is 0 Å². The number of cyclic esters (lactones) is 1. The standard InChI is InChI=1S/C19H18O4/c20-17(22-13-14-7-3-1-4-8-14)11-16-12-18(21)23-19(16)15-9-5-2-6-10-15/h1-10,16,19H,11-13H2. The Bertz CT molecular complexity index is 666. The summed E-state index contributed by atoms with van der Waals surface area (Å²) in [5, 5.41) is 0. The molecule has 0 spiro atoms. The summed E-state index contributed by atoms with van der Waals surface area (Å²) in [6.07, 6.45) is 0.0611. The van der Waals surface area contributed by atoms with Crippen molar-refractivity contribution in [2.24, 2.45) is 5.92 Å². The normalized spacial score (nSPS) is 20.1. The van der Waals surface area contributed by atoms with E-state index in [-0.39, 0.29) is 43.4 Å². The molecule has 1 aliphatic rings. The topological polar surface area (TPSA) is 52.6 Å². The molecule has 2 aromatic carbocycles. The fourth-order valence-electron chi connectivity index (χ4n) is 2.78. The van der Waals surface area contributed by atoms with E-state index < -0.39 is 0 Å². The molecule has 0 amide bonds. The van der Waals surface area contributed by atoms with Gasteiger partial charge in [0.25, 0.3) is 0 Å². The highest BCUT2D eigenvalue weighted by molar-refractivity contribution is 5.75. The molecule has 1 fully saturated rings. The summed E-state index contributed by atoms with van der Waals surface area (Å²) < 4.78 is 10.7. The fraction of sp³-hybridized carbons (Fsp3) is 0.263. The van der Waals surface area contributed by atoms with Crippen LogP contribution in [-0.4, -0.2) is 11.9 Å². The van der Waals surface area contributed by atoms with Crippen molar-refractivity contribution >= 4 is 11.9 Å². The summed E-state index contributed by atoms with van der Waals surface area (Å²) in [5.41, 5.74) is 1.86. The number of esters is 2. The maximum atomic E-state index is 12.1. The van der Waals surface area contributed by atoms with E-state index in [0.717, 1.165) is 11.1 Å². The Balaban J connectivity index is 1.59. The molecule has 0 radical (unpaired) electrons. The number of hydrogen-bond acceptors (Lipinski definition) is 4. The van der Waals surface area contributed by atoms with Crippen LogP contribution in [-0.2, 0) is 25.7 Å². The zero-order valence-electron chi connectivity index (χ0n) is 12.7. The Hall–Kier alpha value is -2.62. The molecule has 23 heavy (non-hydrogen) atoms. The summed E-state index contributed by atoms with van der Waals surface area (Å²) in [4.78, 5) is 23.7. The molecule has 0 bridgehead atoms. The number of rotatable bonds is 5. The first-order valence-corrected chi connectivity index (χ1v) is 7.66. The SMILES string of the molecule is O=C(CC1CC(=O)OC1c1ccccc1)OCc1ccccc1. The van der Waals surface area contributed by atoms with Crippen molar-refractivity contribution in [2.75, 3.05) is 0 Å². The van der Waals surface area contributed by atoms with Gasteiger partial charge in [-0.2, -0.15) is 0 Å². The monoisotopic (exact) mass is 310 g/mol. The molecule has 4 nitrogen and oxygen atoms in total. The van der Waals surface area contributed by atoms with Gasteiger partial charge in [-0.05, 0) is 11.1 Å². The minimum atomic E-state index is -0.368. The summed E-state index contributed by atoms with van der Waals surface area (Å²) in [7, 11) is 0. The third kappa shape index (κ3) is 3.97. The molecule has 1 aliphatic heterocycles. The van der Waals surface area contributed by atoms with Crippen LogP contribution in [0.1, 0.15) is 30.1 Å². The molecule has 1 heterocycles. The van der Waals surface area contributed by atoms with Crippen molar-refractivity contribution in [3.8, 4) is 0 Å². The summed E-state index contributed by atoms with van der Waals surface area (Å²) >= 11 is 0. The first-order chi connectivity index (χ1) is 11.2. The van der Waals surface area contributed by atoms with Gasteiger partial charge in [0.2, 0.25) is 0 Å². The molecule has 2 aromatic rings. The first-order valence-electron chi connectivity index (χ1n) is 7.66. The zero-order valence-corrected chi connectivity index (χ0v) is 12.7. The smallest absolute Gasteiger partial charge is 0.306 e. The largest absolute Gasteiger partial charge is 0.461 e. The molecule has 118 valence electrons. The molecule has 0 saturated carbocycles. The van der Waals surface area contributed by atoms with Gasteiger partial charge in [0.1, 0.15) is 12.7 Å². The third-order valence-electron chi connectivity index (χ3n) is 3.92. The molecular formula is C19H18O4. The maximum absolute atomic E-state index is 12.1. The zero-order chi connectivity index (χ0) is 16.1. The minimum absolute atomic E-state index is 0.173. The third-order valence-corrected chi connectivity index (χ3v) is 3.92. The molecule has 2 unspecified atom stereocenters. The van der Waals surface area contributed by atoms with Gasteiger partial charge in [-0.15, -0.1) is 0 Å². The van der Waals surface area contributed by atoms with E-state index in [0.29, 0.717) is 0 Å². The van der Waals surface area contributed by atoms with Gasteiger partial charge in [-0.3, -0.25) is 9.59 Å². The Morgan fingerprint density at radius 3 is 2.39 bits per heavy atom. The number of carbonyl (C=O) groups is 2. The maximum Gasteiger partial charge on any atom is 0.306 e. The Morgan fingerprint density at radius 1 is 1.04 bits per heavy atom. The van der Waals surface area contributed by atoms with Crippen molar-refractivity contribution in [3.05, 3.63) is 71.8 Å². The lowest BCUT2D eigenvalue weighted by molar-refractivity contribution is -0.147.